The molecule has 1 aliphatic rings. The first kappa shape index (κ1) is 18.4. The van der Waals surface area contributed by atoms with Gasteiger partial charge in [-0.25, -0.2) is 4.98 Å². The Hall–Kier alpha value is -2.40. The summed E-state index contributed by atoms with van der Waals surface area (Å²) < 4.78 is 0. The molecule has 2 aromatic rings. The van der Waals surface area contributed by atoms with Crippen LogP contribution in [-0.2, 0) is 0 Å². The third-order valence-corrected chi connectivity index (χ3v) is 4.72. The first-order chi connectivity index (χ1) is 12.6. The van der Waals surface area contributed by atoms with E-state index < -0.39 is 0 Å². The fourth-order valence-electron chi connectivity index (χ4n) is 3.25. The van der Waals surface area contributed by atoms with Crippen LogP contribution in [0.25, 0.3) is 0 Å². The van der Waals surface area contributed by atoms with Gasteiger partial charge < -0.3 is 15.5 Å². The van der Waals surface area contributed by atoms with E-state index in [0.717, 1.165) is 31.9 Å². The predicted molar refractivity (Wildman–Crippen MR) is 105 cm³/mol. The Balaban J connectivity index is 1.73. The molecule has 3 rings (SSSR count). The number of aromatic nitrogens is 1. The first-order valence-corrected chi connectivity index (χ1v) is 9.41. The number of hydrogen-bond acceptors (Lipinski definition) is 4. The van der Waals surface area contributed by atoms with Crippen molar-refractivity contribution >= 4 is 11.7 Å². The van der Waals surface area contributed by atoms with Crippen LogP contribution in [0.2, 0.25) is 0 Å². The number of rotatable bonds is 6. The Labute approximate surface area is 155 Å². The summed E-state index contributed by atoms with van der Waals surface area (Å²) in [6.45, 7) is 7.52. The largest absolute Gasteiger partial charge is 0.353 e. The zero-order chi connectivity index (χ0) is 18.4. The zero-order valence-electron chi connectivity index (χ0n) is 15.6. The molecule has 0 aliphatic carbocycles. The maximum absolute atomic E-state index is 12.6. The molecule has 2 N–H and O–H groups in total. The van der Waals surface area contributed by atoms with E-state index in [-0.39, 0.29) is 11.9 Å². The topological polar surface area (TPSA) is 57.3 Å². The molecule has 5 nitrogen and oxygen atoms in total. The number of anilines is 1. The number of pyridine rings is 1. The highest BCUT2D eigenvalue weighted by molar-refractivity contribution is 5.98. The van der Waals surface area contributed by atoms with E-state index in [1.54, 1.807) is 6.20 Å². The van der Waals surface area contributed by atoms with Gasteiger partial charge in [0.15, 0.2) is 0 Å². The van der Waals surface area contributed by atoms with Crippen molar-refractivity contribution < 1.29 is 4.79 Å². The maximum atomic E-state index is 12.6. The lowest BCUT2D eigenvalue weighted by atomic mass is 10.0. The molecule has 1 atom stereocenters. The van der Waals surface area contributed by atoms with Crippen LogP contribution in [0.1, 0.15) is 42.2 Å². The smallest absolute Gasteiger partial charge is 0.255 e. The van der Waals surface area contributed by atoms with Gasteiger partial charge >= 0.3 is 0 Å². The summed E-state index contributed by atoms with van der Waals surface area (Å²) >= 11 is 0. The molecular weight excluding hydrogens is 324 g/mol. The van der Waals surface area contributed by atoms with E-state index >= 15 is 0 Å². The Bertz CT molecular complexity index is 717. The van der Waals surface area contributed by atoms with Gasteiger partial charge in [-0.3, -0.25) is 4.79 Å². The predicted octanol–water partition coefficient (Wildman–Crippen LogP) is 3.01. The second-order valence-electron chi connectivity index (χ2n) is 7.18. The summed E-state index contributed by atoms with van der Waals surface area (Å²) in [6, 6.07) is 14.4. The average Bonchev–Trinajstić information content (AvgIpc) is 2.68. The van der Waals surface area contributed by atoms with Crippen molar-refractivity contribution in [1.82, 2.24) is 15.6 Å². The minimum atomic E-state index is -0.0384. The molecule has 5 heteroatoms. The van der Waals surface area contributed by atoms with Crippen molar-refractivity contribution in [2.75, 3.05) is 31.1 Å². The fourth-order valence-corrected chi connectivity index (χ4v) is 3.25. The molecule has 1 saturated heterocycles. The molecule has 0 saturated carbocycles. The summed E-state index contributed by atoms with van der Waals surface area (Å²) in [6.07, 6.45) is 2.74. The molecule has 0 bridgehead atoms. The summed E-state index contributed by atoms with van der Waals surface area (Å²) in [5, 5.41) is 6.59. The van der Waals surface area contributed by atoms with Crippen LogP contribution in [0.5, 0.6) is 0 Å². The van der Waals surface area contributed by atoms with Gasteiger partial charge in [0.05, 0.1) is 5.56 Å². The van der Waals surface area contributed by atoms with Gasteiger partial charge in [-0.2, -0.15) is 0 Å². The van der Waals surface area contributed by atoms with E-state index in [2.05, 4.69) is 58.6 Å². The molecule has 1 fully saturated rings. The SMILES string of the molecule is CC(C)CCNC(=O)c1cccnc1N1CCNC(c2ccccc2)C1. The number of nitrogens with zero attached hydrogens (tertiary/aromatic N) is 2. The highest BCUT2D eigenvalue weighted by Crippen LogP contribution is 2.23. The molecule has 0 spiro atoms. The van der Waals surface area contributed by atoms with Gasteiger partial charge in [0.2, 0.25) is 0 Å². The van der Waals surface area contributed by atoms with Crippen LogP contribution in [-0.4, -0.2) is 37.1 Å². The summed E-state index contributed by atoms with van der Waals surface area (Å²) in [4.78, 5) is 19.4. The Morgan fingerprint density at radius 3 is 2.85 bits per heavy atom. The van der Waals surface area contributed by atoms with Crippen LogP contribution >= 0.6 is 0 Å². The van der Waals surface area contributed by atoms with E-state index in [4.69, 9.17) is 0 Å². The maximum Gasteiger partial charge on any atom is 0.255 e. The molecular formula is C21H28N4O. The molecule has 138 valence electrons. The third kappa shape index (κ3) is 4.61. The van der Waals surface area contributed by atoms with Gasteiger partial charge in [0, 0.05) is 38.4 Å². The number of carbonyl (C=O) groups is 1. The lowest BCUT2D eigenvalue weighted by molar-refractivity contribution is 0.0952. The Kier molecular flexibility index (Phi) is 6.23. The van der Waals surface area contributed by atoms with E-state index in [0.29, 0.717) is 18.0 Å². The minimum Gasteiger partial charge on any atom is -0.353 e. The van der Waals surface area contributed by atoms with Crippen molar-refractivity contribution in [3.63, 3.8) is 0 Å². The summed E-state index contributed by atoms with van der Waals surface area (Å²) in [5.74, 6) is 1.31. The number of piperazine rings is 1. The minimum absolute atomic E-state index is 0.0384. The fraction of sp³-hybridized carbons (Fsp3) is 0.429. The van der Waals surface area contributed by atoms with Gasteiger partial charge in [-0.15, -0.1) is 0 Å². The lowest BCUT2D eigenvalue weighted by Crippen LogP contribution is -2.46. The van der Waals surface area contributed by atoms with E-state index in [9.17, 15) is 4.79 Å². The first-order valence-electron chi connectivity index (χ1n) is 9.41. The molecule has 1 aromatic carbocycles. The van der Waals surface area contributed by atoms with Crippen LogP contribution in [0.3, 0.4) is 0 Å². The van der Waals surface area contributed by atoms with Gasteiger partial charge in [-0.05, 0) is 30.0 Å². The number of carbonyl (C=O) groups excluding carboxylic acids is 1. The number of hydrogen-bond donors (Lipinski definition) is 2. The molecule has 1 amide bonds. The van der Waals surface area contributed by atoms with Crippen molar-refractivity contribution in [3.05, 3.63) is 59.8 Å². The molecule has 1 unspecified atom stereocenters. The Morgan fingerprint density at radius 1 is 1.27 bits per heavy atom. The van der Waals surface area contributed by atoms with Gasteiger partial charge in [0.1, 0.15) is 5.82 Å². The summed E-state index contributed by atoms with van der Waals surface area (Å²) in [5.41, 5.74) is 1.92. The summed E-state index contributed by atoms with van der Waals surface area (Å²) in [7, 11) is 0. The molecule has 26 heavy (non-hydrogen) atoms. The molecule has 1 aromatic heterocycles. The van der Waals surface area contributed by atoms with Crippen molar-refractivity contribution in [3.8, 4) is 0 Å². The number of benzene rings is 1. The third-order valence-electron chi connectivity index (χ3n) is 4.72. The number of nitrogens with one attached hydrogen (secondary N) is 2. The van der Waals surface area contributed by atoms with Crippen LogP contribution < -0.4 is 15.5 Å². The second-order valence-corrected chi connectivity index (χ2v) is 7.18. The zero-order valence-corrected chi connectivity index (χ0v) is 15.6. The van der Waals surface area contributed by atoms with Crippen molar-refractivity contribution in [1.29, 1.82) is 0 Å². The molecule has 0 radical (unpaired) electrons. The molecule has 2 heterocycles. The highest BCUT2D eigenvalue weighted by Gasteiger charge is 2.24. The quantitative estimate of drug-likeness (QED) is 0.839. The molecule has 1 aliphatic heterocycles. The monoisotopic (exact) mass is 352 g/mol. The highest BCUT2D eigenvalue weighted by atomic mass is 16.1. The van der Waals surface area contributed by atoms with Crippen molar-refractivity contribution in [2.24, 2.45) is 5.92 Å². The van der Waals surface area contributed by atoms with Gasteiger partial charge in [0.25, 0.3) is 5.91 Å². The van der Waals surface area contributed by atoms with E-state index in [1.807, 2.05) is 18.2 Å². The van der Waals surface area contributed by atoms with Crippen LogP contribution in [0, 0.1) is 5.92 Å². The second kappa shape index (κ2) is 8.81. The van der Waals surface area contributed by atoms with Crippen LogP contribution in [0.15, 0.2) is 48.7 Å². The lowest BCUT2D eigenvalue weighted by Gasteiger charge is -2.35. The van der Waals surface area contributed by atoms with E-state index in [1.165, 1.54) is 5.56 Å². The average molecular weight is 352 g/mol. The van der Waals surface area contributed by atoms with Crippen LogP contribution in [0.4, 0.5) is 5.82 Å². The standard InChI is InChI=1S/C21H28N4O/c1-16(2)10-12-24-21(26)18-9-6-11-23-20(18)25-14-13-22-19(15-25)17-7-4-3-5-8-17/h3-9,11,16,19,22H,10,12-15H2,1-2H3,(H,24,26). The normalized spacial score (nSPS) is 17.3. The Morgan fingerprint density at radius 2 is 2.08 bits per heavy atom. The van der Waals surface area contributed by atoms with Gasteiger partial charge in [-0.1, -0.05) is 44.2 Å². The van der Waals surface area contributed by atoms with Crippen molar-refractivity contribution in [2.45, 2.75) is 26.3 Å². The number of amides is 1.